The van der Waals surface area contributed by atoms with E-state index in [4.69, 9.17) is 4.74 Å². The predicted octanol–water partition coefficient (Wildman–Crippen LogP) is 3.81. The van der Waals surface area contributed by atoms with Gasteiger partial charge in [-0.25, -0.2) is 4.98 Å². The van der Waals surface area contributed by atoms with Crippen molar-refractivity contribution in [2.75, 3.05) is 23.9 Å². The zero-order valence-electron chi connectivity index (χ0n) is 15.3. The molecule has 6 nitrogen and oxygen atoms in total. The van der Waals surface area contributed by atoms with Gasteiger partial charge < -0.3 is 15.0 Å². The molecule has 0 unspecified atom stereocenters. The second-order valence-electron chi connectivity index (χ2n) is 6.50. The van der Waals surface area contributed by atoms with Gasteiger partial charge in [-0.2, -0.15) is 0 Å². The van der Waals surface area contributed by atoms with Crippen molar-refractivity contribution in [1.82, 2.24) is 4.98 Å². The van der Waals surface area contributed by atoms with Crippen LogP contribution in [0.3, 0.4) is 0 Å². The number of thiazole rings is 1. The summed E-state index contributed by atoms with van der Waals surface area (Å²) in [5.41, 5.74) is 2.56. The molecule has 142 valence electrons. The molecule has 2 heterocycles. The Morgan fingerprint density at radius 2 is 2.04 bits per heavy atom. The first-order chi connectivity index (χ1) is 13.6. The lowest BCUT2D eigenvalue weighted by atomic mass is 10.1. The van der Waals surface area contributed by atoms with Gasteiger partial charge in [-0.05, 0) is 12.1 Å². The second-order valence-corrected chi connectivity index (χ2v) is 7.36. The predicted molar refractivity (Wildman–Crippen MR) is 110 cm³/mol. The van der Waals surface area contributed by atoms with Crippen molar-refractivity contribution in [2.24, 2.45) is 5.92 Å². The molecule has 1 aliphatic heterocycles. The average molecular weight is 393 g/mol. The highest BCUT2D eigenvalue weighted by Crippen LogP contribution is 2.29. The third-order valence-electron chi connectivity index (χ3n) is 4.66. The highest BCUT2D eigenvalue weighted by atomic mass is 32.1. The summed E-state index contributed by atoms with van der Waals surface area (Å²) >= 11 is 1.38. The van der Waals surface area contributed by atoms with Crippen LogP contribution in [0.25, 0.3) is 11.3 Å². The summed E-state index contributed by atoms with van der Waals surface area (Å²) in [5.74, 6) is 0.00225. The minimum Gasteiger partial charge on any atom is -0.497 e. The molecule has 0 saturated carbocycles. The van der Waals surface area contributed by atoms with Crippen LogP contribution in [0.1, 0.15) is 6.42 Å². The molecule has 1 fully saturated rings. The van der Waals surface area contributed by atoms with Crippen LogP contribution >= 0.6 is 11.3 Å². The molecule has 0 spiro atoms. The number of benzene rings is 2. The molecule has 4 rings (SSSR count). The molecule has 1 aromatic heterocycles. The first-order valence-corrected chi connectivity index (χ1v) is 9.78. The van der Waals surface area contributed by atoms with Crippen LogP contribution in [0.4, 0.5) is 10.8 Å². The Hall–Kier alpha value is -3.19. The van der Waals surface area contributed by atoms with Gasteiger partial charge in [0.25, 0.3) is 0 Å². The summed E-state index contributed by atoms with van der Waals surface area (Å²) in [7, 11) is 1.58. The van der Waals surface area contributed by atoms with Crippen molar-refractivity contribution < 1.29 is 14.3 Å². The third-order valence-corrected chi connectivity index (χ3v) is 5.42. The molecule has 28 heavy (non-hydrogen) atoms. The maximum Gasteiger partial charge on any atom is 0.231 e. The van der Waals surface area contributed by atoms with Gasteiger partial charge in [0.1, 0.15) is 5.75 Å². The van der Waals surface area contributed by atoms with Crippen LogP contribution in [-0.4, -0.2) is 30.5 Å². The molecule has 1 aliphatic rings. The normalized spacial score (nSPS) is 16.2. The fraction of sp³-hybridized carbons (Fsp3) is 0.190. The van der Waals surface area contributed by atoms with E-state index in [2.05, 4.69) is 10.3 Å². The standard InChI is InChI=1S/C21H19N3O3S/c1-27-17-9-5-8-16(11-17)24-12-15(10-19(24)25)20(26)23-21-22-18(13-28-21)14-6-3-2-4-7-14/h2-9,11,13,15H,10,12H2,1H3,(H,22,23,26)/t15-/m1/s1. The van der Waals surface area contributed by atoms with Crippen LogP contribution in [0.5, 0.6) is 5.75 Å². The largest absolute Gasteiger partial charge is 0.497 e. The third kappa shape index (κ3) is 3.75. The molecule has 1 saturated heterocycles. The fourth-order valence-electron chi connectivity index (χ4n) is 3.19. The van der Waals surface area contributed by atoms with E-state index in [1.165, 1.54) is 11.3 Å². The minimum atomic E-state index is -0.414. The number of methoxy groups -OCH3 is 1. The Morgan fingerprint density at radius 1 is 1.21 bits per heavy atom. The van der Waals surface area contributed by atoms with Crippen molar-refractivity contribution in [2.45, 2.75) is 6.42 Å². The first-order valence-electron chi connectivity index (χ1n) is 8.90. The molecule has 3 aromatic rings. The number of amides is 2. The molecular weight excluding hydrogens is 374 g/mol. The SMILES string of the molecule is COc1cccc(N2C[C@H](C(=O)Nc3nc(-c4ccccc4)cs3)CC2=O)c1. The molecule has 2 aromatic carbocycles. The highest BCUT2D eigenvalue weighted by Gasteiger charge is 2.35. The maximum atomic E-state index is 12.7. The van der Waals surface area contributed by atoms with Crippen LogP contribution in [0, 0.1) is 5.92 Å². The number of rotatable bonds is 5. The van der Waals surface area contributed by atoms with E-state index < -0.39 is 5.92 Å². The molecule has 7 heteroatoms. The summed E-state index contributed by atoms with van der Waals surface area (Å²) in [4.78, 5) is 31.2. The number of hydrogen-bond donors (Lipinski definition) is 1. The summed E-state index contributed by atoms with van der Waals surface area (Å²) in [6.45, 7) is 0.342. The number of anilines is 2. The molecule has 0 aliphatic carbocycles. The number of aromatic nitrogens is 1. The van der Waals surface area contributed by atoms with Crippen LogP contribution < -0.4 is 15.0 Å². The zero-order chi connectivity index (χ0) is 19.5. The van der Waals surface area contributed by atoms with E-state index in [9.17, 15) is 9.59 Å². The Morgan fingerprint density at radius 3 is 2.82 bits per heavy atom. The molecule has 1 atom stereocenters. The van der Waals surface area contributed by atoms with Gasteiger partial charge in [0, 0.05) is 35.7 Å². The van der Waals surface area contributed by atoms with Gasteiger partial charge in [0.05, 0.1) is 18.7 Å². The first kappa shape index (κ1) is 18.2. The Kier molecular flexibility index (Phi) is 5.08. The smallest absolute Gasteiger partial charge is 0.231 e. The summed E-state index contributed by atoms with van der Waals surface area (Å²) in [6, 6.07) is 17.1. The number of carbonyl (C=O) groups is 2. The van der Waals surface area contributed by atoms with E-state index in [1.807, 2.05) is 53.9 Å². The van der Waals surface area contributed by atoms with Crippen molar-refractivity contribution in [3.63, 3.8) is 0 Å². The van der Waals surface area contributed by atoms with E-state index in [1.54, 1.807) is 18.1 Å². The molecule has 0 radical (unpaired) electrons. The van der Waals surface area contributed by atoms with E-state index >= 15 is 0 Å². The van der Waals surface area contributed by atoms with E-state index in [0.29, 0.717) is 17.4 Å². The topological polar surface area (TPSA) is 71.5 Å². The lowest BCUT2D eigenvalue weighted by molar-refractivity contribution is -0.122. The van der Waals surface area contributed by atoms with Gasteiger partial charge in [-0.3, -0.25) is 9.59 Å². The van der Waals surface area contributed by atoms with E-state index in [-0.39, 0.29) is 18.2 Å². The summed E-state index contributed by atoms with van der Waals surface area (Å²) in [5, 5.41) is 5.30. The van der Waals surface area contributed by atoms with Gasteiger partial charge in [-0.1, -0.05) is 36.4 Å². The quantitative estimate of drug-likeness (QED) is 0.716. The molecular formula is C21H19N3O3S. The molecule has 1 N–H and O–H groups in total. The van der Waals surface area contributed by atoms with Crippen molar-refractivity contribution in [1.29, 1.82) is 0 Å². The summed E-state index contributed by atoms with van der Waals surface area (Å²) in [6.07, 6.45) is 0.181. The number of nitrogens with one attached hydrogen (secondary N) is 1. The monoisotopic (exact) mass is 393 g/mol. The lowest BCUT2D eigenvalue weighted by Crippen LogP contribution is -2.28. The van der Waals surface area contributed by atoms with Crippen molar-refractivity contribution in [3.05, 3.63) is 60.0 Å². The Bertz CT molecular complexity index is 1000. The second kappa shape index (κ2) is 7.82. The van der Waals surface area contributed by atoms with Gasteiger partial charge >= 0.3 is 0 Å². The zero-order valence-corrected chi connectivity index (χ0v) is 16.1. The number of hydrogen-bond acceptors (Lipinski definition) is 5. The van der Waals surface area contributed by atoms with Crippen LogP contribution in [0.2, 0.25) is 0 Å². The van der Waals surface area contributed by atoms with Crippen molar-refractivity contribution in [3.8, 4) is 17.0 Å². The number of ether oxygens (including phenoxy) is 1. The lowest BCUT2D eigenvalue weighted by Gasteiger charge is -2.17. The number of nitrogens with zero attached hydrogens (tertiary/aromatic N) is 2. The Labute approximate surface area is 166 Å². The molecule has 2 amide bonds. The van der Waals surface area contributed by atoms with Crippen LogP contribution in [0.15, 0.2) is 60.0 Å². The fourth-order valence-corrected chi connectivity index (χ4v) is 3.91. The summed E-state index contributed by atoms with van der Waals surface area (Å²) < 4.78 is 5.22. The van der Waals surface area contributed by atoms with E-state index in [0.717, 1.165) is 16.9 Å². The maximum absolute atomic E-state index is 12.7. The van der Waals surface area contributed by atoms with Gasteiger partial charge in [0.2, 0.25) is 11.8 Å². The van der Waals surface area contributed by atoms with Crippen molar-refractivity contribution >= 4 is 34.0 Å². The van der Waals surface area contributed by atoms with Crippen LogP contribution in [-0.2, 0) is 9.59 Å². The minimum absolute atomic E-state index is 0.0717. The van der Waals surface area contributed by atoms with Gasteiger partial charge in [0.15, 0.2) is 5.13 Å². The Balaban J connectivity index is 1.43. The van der Waals surface area contributed by atoms with Gasteiger partial charge in [-0.15, -0.1) is 11.3 Å². The number of carbonyl (C=O) groups excluding carboxylic acids is 2. The highest BCUT2D eigenvalue weighted by molar-refractivity contribution is 7.14. The average Bonchev–Trinajstić information content (AvgIpc) is 3.35. The molecule has 0 bridgehead atoms.